The van der Waals surface area contributed by atoms with E-state index in [0.717, 1.165) is 19.3 Å². The summed E-state index contributed by atoms with van der Waals surface area (Å²) in [5, 5.41) is 15.9. The van der Waals surface area contributed by atoms with Gasteiger partial charge in [0.15, 0.2) is 5.16 Å². The molecule has 0 amide bonds. The van der Waals surface area contributed by atoms with Crippen LogP contribution >= 0.6 is 11.8 Å². The van der Waals surface area contributed by atoms with E-state index in [1.165, 1.54) is 11.8 Å². The minimum atomic E-state index is -0.756. The van der Waals surface area contributed by atoms with Gasteiger partial charge in [-0.05, 0) is 19.3 Å². The molecule has 1 aliphatic rings. The zero-order valence-electron chi connectivity index (χ0n) is 9.55. The molecule has 1 heterocycles. The Labute approximate surface area is 102 Å². The molecule has 2 rings (SSSR count). The number of thioether (sulfide) groups is 1. The number of carboxylic acids is 1. The number of nitrogens with zero attached hydrogens (tertiary/aromatic N) is 2. The molecule has 1 fully saturated rings. The summed E-state index contributed by atoms with van der Waals surface area (Å²) in [6.45, 7) is 2.60. The average Bonchev–Trinajstić information content (AvgIpc) is 2.56. The van der Waals surface area contributed by atoms with Crippen molar-refractivity contribution >= 4 is 17.7 Å². The molecule has 6 nitrogen and oxygen atoms in total. The maximum Gasteiger partial charge on any atom is 0.343 e. The third-order valence-electron chi connectivity index (χ3n) is 2.96. The van der Waals surface area contributed by atoms with Gasteiger partial charge in [-0.2, -0.15) is 0 Å². The second-order valence-corrected chi connectivity index (χ2v) is 5.35. The molecule has 0 radical (unpaired) electrons. The normalized spacial score (nSPS) is 23.4. The molecular weight excluding hydrogens is 242 g/mol. The van der Waals surface area contributed by atoms with Crippen LogP contribution in [0.15, 0.2) is 9.95 Å². The Kier molecular flexibility index (Phi) is 3.56. The van der Waals surface area contributed by atoms with Gasteiger partial charge in [0.25, 0.3) is 0 Å². The highest BCUT2D eigenvalue weighted by Crippen LogP contribution is 2.40. The molecule has 0 spiro atoms. The molecule has 1 saturated carbocycles. The minimum Gasteiger partial charge on any atom is -0.481 e. The largest absolute Gasteiger partial charge is 0.481 e. The smallest absolute Gasteiger partial charge is 0.343 e. The molecule has 2 atom stereocenters. The first-order valence-corrected chi connectivity index (χ1v) is 6.56. The van der Waals surface area contributed by atoms with Crippen LogP contribution in [0.1, 0.15) is 26.2 Å². The Bertz CT molecular complexity index is 468. The topological polar surface area (TPSA) is 88.0 Å². The first-order chi connectivity index (χ1) is 8.13. The maximum absolute atomic E-state index is 11.4. The summed E-state index contributed by atoms with van der Waals surface area (Å²) in [5.74, 6) is -1.06. The van der Waals surface area contributed by atoms with Crippen LogP contribution in [0.25, 0.3) is 0 Å². The van der Waals surface area contributed by atoms with Gasteiger partial charge in [-0.3, -0.25) is 9.36 Å². The van der Waals surface area contributed by atoms with Crippen LogP contribution in [-0.4, -0.2) is 31.1 Å². The number of aromatic nitrogens is 3. The van der Waals surface area contributed by atoms with Crippen LogP contribution in [0, 0.1) is 5.92 Å². The van der Waals surface area contributed by atoms with Gasteiger partial charge in [0.1, 0.15) is 0 Å². The Morgan fingerprint density at radius 3 is 2.94 bits per heavy atom. The number of carbonyl (C=O) groups is 1. The van der Waals surface area contributed by atoms with Crippen molar-refractivity contribution in [2.45, 2.75) is 43.1 Å². The molecule has 7 heteroatoms. The summed E-state index contributed by atoms with van der Waals surface area (Å²) in [7, 11) is 0. The SMILES string of the molecule is CCCn1c(SC2CCC2C(=O)O)n[nH]c1=O. The molecule has 0 aliphatic heterocycles. The minimum absolute atomic E-state index is 0.0401. The average molecular weight is 257 g/mol. The summed E-state index contributed by atoms with van der Waals surface area (Å²) < 4.78 is 1.57. The van der Waals surface area contributed by atoms with Crippen LogP contribution in [0.5, 0.6) is 0 Å². The molecule has 2 N–H and O–H groups in total. The number of nitrogens with one attached hydrogen (secondary N) is 1. The van der Waals surface area contributed by atoms with Gasteiger partial charge < -0.3 is 5.11 Å². The summed E-state index contributed by atoms with van der Waals surface area (Å²) in [4.78, 5) is 22.3. The van der Waals surface area contributed by atoms with E-state index in [9.17, 15) is 9.59 Å². The van der Waals surface area contributed by atoms with E-state index in [2.05, 4.69) is 10.2 Å². The van der Waals surface area contributed by atoms with Crippen molar-refractivity contribution in [1.29, 1.82) is 0 Å². The zero-order chi connectivity index (χ0) is 12.4. The summed E-state index contributed by atoms with van der Waals surface area (Å²) in [6, 6.07) is 0. The Morgan fingerprint density at radius 2 is 2.41 bits per heavy atom. The molecule has 1 aromatic rings. The Balaban J connectivity index is 2.08. The van der Waals surface area contributed by atoms with Gasteiger partial charge in [0.05, 0.1) is 5.92 Å². The van der Waals surface area contributed by atoms with E-state index in [1.807, 2.05) is 6.92 Å². The summed E-state index contributed by atoms with van der Waals surface area (Å²) >= 11 is 1.39. The lowest BCUT2D eigenvalue weighted by Crippen LogP contribution is -2.35. The Morgan fingerprint density at radius 1 is 1.65 bits per heavy atom. The highest BCUT2D eigenvalue weighted by Gasteiger charge is 2.38. The number of carboxylic acid groups (broad SMARTS) is 1. The van der Waals surface area contributed by atoms with E-state index in [1.54, 1.807) is 4.57 Å². The number of hydrogen-bond donors (Lipinski definition) is 2. The first kappa shape index (κ1) is 12.2. The van der Waals surface area contributed by atoms with Gasteiger partial charge in [-0.1, -0.05) is 18.7 Å². The number of aromatic amines is 1. The van der Waals surface area contributed by atoms with Gasteiger partial charge in [0.2, 0.25) is 0 Å². The third-order valence-corrected chi connectivity index (χ3v) is 4.34. The van der Waals surface area contributed by atoms with Gasteiger partial charge in [-0.15, -0.1) is 5.10 Å². The van der Waals surface area contributed by atoms with Crippen LogP contribution in [-0.2, 0) is 11.3 Å². The second-order valence-electron chi connectivity index (χ2n) is 4.14. The van der Waals surface area contributed by atoms with E-state index in [-0.39, 0.29) is 16.9 Å². The molecule has 0 bridgehead atoms. The second kappa shape index (κ2) is 4.95. The zero-order valence-corrected chi connectivity index (χ0v) is 10.4. The quantitative estimate of drug-likeness (QED) is 0.819. The molecular formula is C10H15N3O3S. The van der Waals surface area contributed by atoms with E-state index in [4.69, 9.17) is 5.11 Å². The van der Waals surface area contributed by atoms with Crippen molar-refractivity contribution in [3.63, 3.8) is 0 Å². The monoisotopic (exact) mass is 257 g/mol. The van der Waals surface area contributed by atoms with Crippen LogP contribution in [0.4, 0.5) is 0 Å². The molecule has 17 heavy (non-hydrogen) atoms. The fourth-order valence-electron chi connectivity index (χ4n) is 1.84. The van der Waals surface area contributed by atoms with E-state index >= 15 is 0 Å². The number of rotatable bonds is 5. The van der Waals surface area contributed by atoms with Gasteiger partial charge >= 0.3 is 11.7 Å². The molecule has 0 aromatic carbocycles. The van der Waals surface area contributed by atoms with Crippen molar-refractivity contribution in [2.24, 2.45) is 5.92 Å². The van der Waals surface area contributed by atoms with Crippen molar-refractivity contribution < 1.29 is 9.90 Å². The predicted octanol–water partition coefficient (Wildman–Crippen LogP) is 0.937. The molecule has 1 aliphatic carbocycles. The molecule has 0 saturated heterocycles. The summed E-state index contributed by atoms with van der Waals surface area (Å²) in [5.41, 5.74) is -0.222. The van der Waals surface area contributed by atoms with Crippen LogP contribution < -0.4 is 5.69 Å². The van der Waals surface area contributed by atoms with Crippen molar-refractivity contribution in [3.05, 3.63) is 10.5 Å². The fraction of sp³-hybridized carbons (Fsp3) is 0.700. The standard InChI is InChI=1S/C10H15N3O3S/c1-2-5-13-9(16)11-12-10(13)17-7-4-3-6(7)8(14)15/h6-7H,2-5H2,1H3,(H,11,16)(H,14,15). The highest BCUT2D eigenvalue weighted by molar-refractivity contribution is 7.99. The first-order valence-electron chi connectivity index (χ1n) is 5.68. The van der Waals surface area contributed by atoms with Crippen molar-refractivity contribution in [1.82, 2.24) is 14.8 Å². The van der Waals surface area contributed by atoms with Crippen molar-refractivity contribution in [2.75, 3.05) is 0 Å². The van der Waals surface area contributed by atoms with Gasteiger partial charge in [0, 0.05) is 11.8 Å². The number of H-pyrrole nitrogens is 1. The number of aliphatic carboxylic acids is 1. The lowest BCUT2D eigenvalue weighted by molar-refractivity contribution is -0.144. The lowest BCUT2D eigenvalue weighted by atomic mass is 9.85. The van der Waals surface area contributed by atoms with Crippen LogP contribution in [0.2, 0.25) is 0 Å². The van der Waals surface area contributed by atoms with Crippen LogP contribution in [0.3, 0.4) is 0 Å². The third kappa shape index (κ3) is 2.38. The van der Waals surface area contributed by atoms with Gasteiger partial charge in [-0.25, -0.2) is 9.89 Å². The Hall–Kier alpha value is -1.24. The number of hydrogen-bond acceptors (Lipinski definition) is 4. The molecule has 94 valence electrons. The van der Waals surface area contributed by atoms with E-state index in [0.29, 0.717) is 11.7 Å². The highest BCUT2D eigenvalue weighted by atomic mass is 32.2. The predicted molar refractivity (Wildman–Crippen MR) is 63.1 cm³/mol. The summed E-state index contributed by atoms with van der Waals surface area (Å²) in [6.07, 6.45) is 2.43. The lowest BCUT2D eigenvalue weighted by Gasteiger charge is -2.31. The van der Waals surface area contributed by atoms with E-state index < -0.39 is 5.97 Å². The molecule has 1 aromatic heterocycles. The van der Waals surface area contributed by atoms with Crippen molar-refractivity contribution in [3.8, 4) is 0 Å². The maximum atomic E-state index is 11.4. The fourth-order valence-corrected chi connectivity index (χ4v) is 3.18. The molecule has 2 unspecified atom stereocenters.